The quantitative estimate of drug-likeness (QED) is 0.406. The highest BCUT2D eigenvalue weighted by atomic mass is 32.1. The molecule has 0 unspecified atom stereocenters. The molecule has 0 aliphatic heterocycles. The van der Waals surface area contributed by atoms with Gasteiger partial charge in [-0.2, -0.15) is 0 Å². The maximum absolute atomic E-state index is 13.5. The molecule has 0 saturated carbocycles. The van der Waals surface area contributed by atoms with Gasteiger partial charge in [0.05, 0.1) is 16.6 Å². The van der Waals surface area contributed by atoms with Gasteiger partial charge >= 0.3 is 0 Å². The van der Waals surface area contributed by atoms with Crippen molar-refractivity contribution in [3.8, 4) is 11.5 Å². The molecule has 0 saturated heterocycles. The number of pyridine rings is 1. The maximum Gasteiger partial charge on any atom is 0.257 e. The number of benzene rings is 1. The molecule has 1 aliphatic carbocycles. The molecule has 2 amide bonds. The van der Waals surface area contributed by atoms with E-state index in [9.17, 15) is 9.59 Å². The van der Waals surface area contributed by atoms with Crippen molar-refractivity contribution in [2.24, 2.45) is 5.73 Å². The van der Waals surface area contributed by atoms with E-state index in [0.717, 1.165) is 53.7 Å². The molecule has 4 aromatic rings. The summed E-state index contributed by atoms with van der Waals surface area (Å²) in [6.45, 7) is 1.87. The molecule has 0 spiro atoms. The number of fused-ring (bicyclic) bond motifs is 2. The largest absolute Gasteiger partial charge is 0.460 e. The normalized spacial score (nSPS) is 13.5. The van der Waals surface area contributed by atoms with Crippen LogP contribution in [0.15, 0.2) is 46.9 Å². The maximum atomic E-state index is 13.5. The lowest BCUT2D eigenvalue weighted by molar-refractivity contribution is 0.100. The number of carbonyl (C=O) groups is 2. The van der Waals surface area contributed by atoms with Gasteiger partial charge in [0, 0.05) is 10.3 Å². The van der Waals surface area contributed by atoms with Crippen molar-refractivity contribution in [3.05, 3.63) is 69.8 Å². The summed E-state index contributed by atoms with van der Waals surface area (Å²) in [5.74, 6) is 0.577. The summed E-state index contributed by atoms with van der Waals surface area (Å²) in [7, 11) is 0. The average molecular weight is 446 g/mol. The summed E-state index contributed by atoms with van der Waals surface area (Å²) < 4.78 is 5.74. The van der Waals surface area contributed by atoms with Crippen LogP contribution in [0.1, 0.15) is 56.2 Å². The van der Waals surface area contributed by atoms with Gasteiger partial charge in [0.25, 0.3) is 11.8 Å². The van der Waals surface area contributed by atoms with Crippen LogP contribution in [0.25, 0.3) is 22.4 Å². The van der Waals surface area contributed by atoms with Crippen molar-refractivity contribution >= 4 is 39.1 Å². The Morgan fingerprint density at radius 3 is 2.69 bits per heavy atom. The van der Waals surface area contributed by atoms with Crippen LogP contribution in [0.5, 0.6) is 0 Å². The molecule has 3 heterocycles. The molecule has 0 atom stereocenters. The van der Waals surface area contributed by atoms with Crippen LogP contribution in [0, 0.1) is 6.92 Å². The Bertz CT molecular complexity index is 1350. The van der Waals surface area contributed by atoms with Crippen LogP contribution >= 0.6 is 11.3 Å². The minimum atomic E-state index is -0.494. The molecule has 1 aliphatic rings. The summed E-state index contributed by atoms with van der Waals surface area (Å²) >= 11 is 1.47. The number of hydrogen-bond acceptors (Lipinski definition) is 5. The first-order chi connectivity index (χ1) is 15.5. The van der Waals surface area contributed by atoms with Crippen molar-refractivity contribution in [3.63, 3.8) is 0 Å². The lowest BCUT2D eigenvalue weighted by atomic mass is 10.0. The second-order valence-corrected chi connectivity index (χ2v) is 9.17. The highest BCUT2D eigenvalue weighted by Crippen LogP contribution is 2.38. The molecule has 7 heteroatoms. The van der Waals surface area contributed by atoms with Crippen LogP contribution in [0.4, 0.5) is 5.00 Å². The number of carbonyl (C=O) groups excluding carboxylic acids is 2. The van der Waals surface area contributed by atoms with Gasteiger partial charge in [0.1, 0.15) is 16.5 Å². The van der Waals surface area contributed by atoms with E-state index >= 15 is 0 Å². The first-order valence-corrected chi connectivity index (χ1v) is 11.5. The monoisotopic (exact) mass is 445 g/mol. The Morgan fingerprint density at radius 1 is 1.09 bits per heavy atom. The number of rotatable bonds is 4. The SMILES string of the molecule is Cc1ccc(-c2cc(C(=O)Nc3sc4c(c3C(N)=O)CCCCC4)c3ccccc3n2)o1. The molecule has 0 radical (unpaired) electrons. The Hall–Kier alpha value is -3.45. The number of furan rings is 1. The Morgan fingerprint density at radius 2 is 1.91 bits per heavy atom. The summed E-state index contributed by atoms with van der Waals surface area (Å²) in [5.41, 5.74) is 8.94. The van der Waals surface area contributed by atoms with Crippen LogP contribution < -0.4 is 11.1 Å². The number of nitrogens with one attached hydrogen (secondary N) is 1. The van der Waals surface area contributed by atoms with Crippen molar-refractivity contribution in [2.75, 3.05) is 5.32 Å². The van der Waals surface area contributed by atoms with Gasteiger partial charge in [-0.3, -0.25) is 9.59 Å². The molecule has 5 rings (SSSR count). The number of hydrogen-bond donors (Lipinski definition) is 2. The number of nitrogens with zero attached hydrogens (tertiary/aromatic N) is 1. The Labute approximate surface area is 189 Å². The van der Waals surface area contributed by atoms with Crippen molar-refractivity contribution < 1.29 is 14.0 Å². The topological polar surface area (TPSA) is 98.2 Å². The van der Waals surface area contributed by atoms with Gasteiger partial charge in [-0.25, -0.2) is 4.98 Å². The molecular formula is C25H23N3O3S. The van der Waals surface area contributed by atoms with E-state index in [2.05, 4.69) is 10.3 Å². The number of nitrogens with two attached hydrogens (primary N) is 1. The summed E-state index contributed by atoms with van der Waals surface area (Å²) in [5, 5.41) is 4.25. The minimum Gasteiger partial charge on any atom is -0.460 e. The van der Waals surface area contributed by atoms with Gasteiger partial charge < -0.3 is 15.5 Å². The van der Waals surface area contributed by atoms with Crippen molar-refractivity contribution in [1.29, 1.82) is 0 Å². The van der Waals surface area contributed by atoms with Crippen LogP contribution in [0.3, 0.4) is 0 Å². The summed E-state index contributed by atoms with van der Waals surface area (Å²) in [6, 6.07) is 12.9. The smallest absolute Gasteiger partial charge is 0.257 e. The van der Waals surface area contributed by atoms with Crippen molar-refractivity contribution in [1.82, 2.24) is 4.98 Å². The van der Waals surface area contributed by atoms with Gasteiger partial charge in [-0.1, -0.05) is 24.6 Å². The zero-order chi connectivity index (χ0) is 22.2. The minimum absolute atomic E-state index is 0.299. The number of thiophene rings is 1. The molecule has 0 fully saturated rings. The molecule has 162 valence electrons. The third-order valence-corrected chi connectivity index (χ3v) is 7.06. The molecule has 6 nitrogen and oxygen atoms in total. The van der Waals surface area contributed by atoms with E-state index in [0.29, 0.717) is 33.1 Å². The lowest BCUT2D eigenvalue weighted by Gasteiger charge is -2.10. The van der Waals surface area contributed by atoms with E-state index in [1.165, 1.54) is 11.3 Å². The Kier molecular flexibility index (Phi) is 5.27. The zero-order valence-corrected chi connectivity index (χ0v) is 18.6. The number of para-hydroxylation sites is 1. The lowest BCUT2D eigenvalue weighted by Crippen LogP contribution is -2.18. The van der Waals surface area contributed by atoms with E-state index in [1.54, 1.807) is 6.07 Å². The first kappa shape index (κ1) is 20.5. The van der Waals surface area contributed by atoms with Gasteiger partial charge in [-0.05, 0) is 62.4 Å². The standard InChI is InChI=1S/C25H23N3O3S/c1-14-11-12-20(31-14)19-13-17(15-7-5-6-9-18(15)27-19)24(30)28-25-22(23(26)29)16-8-3-2-4-10-21(16)32-25/h5-7,9,11-13H,2-4,8,10H2,1H3,(H2,26,29)(H,28,30). The third kappa shape index (κ3) is 3.69. The van der Waals surface area contributed by atoms with Gasteiger partial charge in [0.15, 0.2) is 5.76 Å². The van der Waals surface area contributed by atoms with Crippen molar-refractivity contribution in [2.45, 2.75) is 39.0 Å². The molecule has 3 N–H and O–H groups in total. The second kappa shape index (κ2) is 8.24. The second-order valence-electron chi connectivity index (χ2n) is 8.07. The molecule has 0 bridgehead atoms. The third-order valence-electron chi connectivity index (χ3n) is 5.85. The van der Waals surface area contributed by atoms with E-state index in [-0.39, 0.29) is 5.91 Å². The zero-order valence-electron chi connectivity index (χ0n) is 17.7. The molecule has 1 aromatic carbocycles. The highest BCUT2D eigenvalue weighted by Gasteiger charge is 2.25. The molecule has 3 aromatic heterocycles. The number of primary amides is 1. The molecule has 32 heavy (non-hydrogen) atoms. The van der Waals surface area contributed by atoms with E-state index in [4.69, 9.17) is 10.2 Å². The summed E-state index contributed by atoms with van der Waals surface area (Å²) in [4.78, 5) is 31.6. The Balaban J connectivity index is 1.58. The predicted molar refractivity (Wildman–Crippen MR) is 126 cm³/mol. The fourth-order valence-corrected chi connectivity index (χ4v) is 5.61. The number of aryl methyl sites for hydroxylation is 2. The van der Waals surface area contributed by atoms with Gasteiger partial charge in [-0.15, -0.1) is 11.3 Å². The predicted octanol–water partition coefficient (Wildman–Crippen LogP) is 5.48. The number of aromatic nitrogens is 1. The fourth-order valence-electron chi connectivity index (χ4n) is 4.32. The van der Waals surface area contributed by atoms with E-state index < -0.39 is 5.91 Å². The highest BCUT2D eigenvalue weighted by molar-refractivity contribution is 7.17. The fraction of sp³-hybridized carbons (Fsp3) is 0.240. The number of amides is 2. The average Bonchev–Trinajstić information content (AvgIpc) is 3.28. The molecular weight excluding hydrogens is 422 g/mol. The van der Waals surface area contributed by atoms with Crippen LogP contribution in [-0.4, -0.2) is 16.8 Å². The van der Waals surface area contributed by atoms with Gasteiger partial charge in [0.2, 0.25) is 0 Å². The number of anilines is 1. The van der Waals surface area contributed by atoms with E-state index in [1.807, 2.05) is 43.3 Å². The summed E-state index contributed by atoms with van der Waals surface area (Å²) in [6.07, 6.45) is 4.98. The van der Waals surface area contributed by atoms with Crippen LogP contribution in [-0.2, 0) is 12.8 Å². The van der Waals surface area contributed by atoms with Crippen LogP contribution in [0.2, 0.25) is 0 Å². The first-order valence-electron chi connectivity index (χ1n) is 10.7.